The molecule has 1 heterocycles. The molecule has 0 unspecified atom stereocenters. The fourth-order valence-electron chi connectivity index (χ4n) is 2.56. The van der Waals surface area contributed by atoms with Gasteiger partial charge in [-0.1, -0.05) is 23.9 Å². The Morgan fingerprint density at radius 1 is 1.14 bits per heavy atom. The second-order valence-corrected chi connectivity index (χ2v) is 6.78. The number of carbonyl (C=O) groups excluding carboxylic acids is 2. The number of hydrogen-bond donors (Lipinski definition) is 2. The number of benzene rings is 2. The molecule has 0 spiro atoms. The van der Waals surface area contributed by atoms with Gasteiger partial charge in [0.15, 0.2) is 11.0 Å². The van der Waals surface area contributed by atoms with Crippen molar-refractivity contribution in [3.63, 3.8) is 0 Å². The average molecular weight is 397 g/mol. The standard InChI is InChI=1S/C19H19N5O3S/c1-24-18(12-7-9-13(27-2)10-8-12)22-23-19(24)28-11-16(25)21-15-6-4-3-5-14(15)17(20)26/h3-10H,11H2,1-2H3,(H2,20,26)(H,21,25). The summed E-state index contributed by atoms with van der Waals surface area (Å²) in [5.41, 5.74) is 6.87. The molecule has 2 aromatic carbocycles. The highest BCUT2D eigenvalue weighted by molar-refractivity contribution is 7.99. The smallest absolute Gasteiger partial charge is 0.250 e. The molecule has 0 bridgehead atoms. The van der Waals surface area contributed by atoms with Gasteiger partial charge in [-0.3, -0.25) is 9.59 Å². The zero-order valence-corrected chi connectivity index (χ0v) is 16.2. The SMILES string of the molecule is COc1ccc(-c2nnc(SCC(=O)Nc3ccccc3C(N)=O)n2C)cc1. The number of amides is 2. The van der Waals surface area contributed by atoms with Gasteiger partial charge >= 0.3 is 0 Å². The van der Waals surface area contributed by atoms with Crippen LogP contribution in [0.1, 0.15) is 10.4 Å². The topological polar surface area (TPSA) is 112 Å². The lowest BCUT2D eigenvalue weighted by atomic mass is 10.1. The van der Waals surface area contributed by atoms with E-state index in [4.69, 9.17) is 10.5 Å². The van der Waals surface area contributed by atoms with E-state index in [0.717, 1.165) is 11.3 Å². The largest absolute Gasteiger partial charge is 0.497 e. The van der Waals surface area contributed by atoms with Crippen molar-refractivity contribution in [2.24, 2.45) is 12.8 Å². The van der Waals surface area contributed by atoms with Crippen molar-refractivity contribution in [2.75, 3.05) is 18.2 Å². The first kappa shape index (κ1) is 19.4. The molecule has 0 aliphatic rings. The van der Waals surface area contributed by atoms with Crippen molar-refractivity contribution in [3.8, 4) is 17.1 Å². The van der Waals surface area contributed by atoms with E-state index in [0.29, 0.717) is 16.7 Å². The highest BCUT2D eigenvalue weighted by Gasteiger charge is 2.14. The lowest BCUT2D eigenvalue weighted by Gasteiger charge is -2.08. The van der Waals surface area contributed by atoms with Crippen LogP contribution in [0, 0.1) is 0 Å². The molecule has 2 amide bonds. The number of methoxy groups -OCH3 is 1. The van der Waals surface area contributed by atoms with Crippen molar-refractivity contribution in [3.05, 3.63) is 54.1 Å². The number of carbonyl (C=O) groups is 2. The predicted octanol–water partition coefficient (Wildman–Crippen LogP) is 2.32. The lowest BCUT2D eigenvalue weighted by molar-refractivity contribution is -0.113. The van der Waals surface area contributed by atoms with Gasteiger partial charge in [0.05, 0.1) is 24.1 Å². The summed E-state index contributed by atoms with van der Waals surface area (Å²) >= 11 is 1.25. The van der Waals surface area contributed by atoms with E-state index >= 15 is 0 Å². The summed E-state index contributed by atoms with van der Waals surface area (Å²) in [7, 11) is 3.45. The minimum Gasteiger partial charge on any atom is -0.497 e. The fraction of sp³-hybridized carbons (Fsp3) is 0.158. The Morgan fingerprint density at radius 2 is 1.86 bits per heavy atom. The van der Waals surface area contributed by atoms with E-state index in [-0.39, 0.29) is 17.2 Å². The van der Waals surface area contributed by atoms with Gasteiger partial charge in [-0.2, -0.15) is 0 Å². The van der Waals surface area contributed by atoms with E-state index < -0.39 is 5.91 Å². The highest BCUT2D eigenvalue weighted by atomic mass is 32.2. The van der Waals surface area contributed by atoms with E-state index in [1.54, 1.807) is 31.4 Å². The molecule has 0 aliphatic carbocycles. The minimum atomic E-state index is -0.596. The van der Waals surface area contributed by atoms with Crippen molar-refractivity contribution in [1.29, 1.82) is 0 Å². The second-order valence-electron chi connectivity index (χ2n) is 5.84. The Balaban J connectivity index is 1.66. The monoisotopic (exact) mass is 397 g/mol. The Kier molecular flexibility index (Phi) is 5.95. The normalized spacial score (nSPS) is 10.5. The summed E-state index contributed by atoms with van der Waals surface area (Å²) < 4.78 is 6.97. The van der Waals surface area contributed by atoms with Crippen LogP contribution in [-0.2, 0) is 11.8 Å². The van der Waals surface area contributed by atoms with Crippen molar-refractivity contribution >= 4 is 29.3 Å². The Hall–Kier alpha value is -3.33. The summed E-state index contributed by atoms with van der Waals surface area (Å²) in [6.07, 6.45) is 0. The summed E-state index contributed by atoms with van der Waals surface area (Å²) in [6, 6.07) is 14.1. The summed E-state index contributed by atoms with van der Waals surface area (Å²) in [5, 5.41) is 11.7. The van der Waals surface area contributed by atoms with Gasteiger partial charge in [-0.25, -0.2) is 0 Å². The molecule has 0 aliphatic heterocycles. The molecule has 0 atom stereocenters. The molecule has 3 rings (SSSR count). The van der Waals surface area contributed by atoms with Gasteiger partial charge in [-0.05, 0) is 36.4 Å². The van der Waals surface area contributed by atoms with Crippen LogP contribution in [0.5, 0.6) is 5.75 Å². The molecule has 3 aromatic rings. The molecule has 9 heteroatoms. The Labute approximate surface area is 166 Å². The zero-order chi connectivity index (χ0) is 20.1. The lowest BCUT2D eigenvalue weighted by Crippen LogP contribution is -2.19. The number of rotatable bonds is 7. The average Bonchev–Trinajstić information content (AvgIpc) is 3.07. The summed E-state index contributed by atoms with van der Waals surface area (Å²) in [4.78, 5) is 23.7. The molecule has 0 radical (unpaired) electrons. The number of primary amides is 1. The number of para-hydroxylation sites is 1. The number of hydrogen-bond acceptors (Lipinski definition) is 6. The molecule has 8 nitrogen and oxygen atoms in total. The van der Waals surface area contributed by atoms with Crippen LogP contribution < -0.4 is 15.8 Å². The maximum Gasteiger partial charge on any atom is 0.250 e. The first-order valence-electron chi connectivity index (χ1n) is 8.35. The highest BCUT2D eigenvalue weighted by Crippen LogP contribution is 2.24. The number of anilines is 1. The first-order valence-corrected chi connectivity index (χ1v) is 9.33. The number of aromatic nitrogens is 3. The number of thioether (sulfide) groups is 1. The van der Waals surface area contributed by atoms with Crippen molar-refractivity contribution < 1.29 is 14.3 Å². The molecule has 144 valence electrons. The molecular formula is C19H19N5O3S. The molecule has 0 saturated heterocycles. The van der Waals surface area contributed by atoms with Crippen molar-refractivity contribution in [2.45, 2.75) is 5.16 Å². The maximum atomic E-state index is 12.3. The van der Waals surface area contributed by atoms with Crippen LogP contribution in [-0.4, -0.2) is 39.4 Å². The van der Waals surface area contributed by atoms with Gasteiger partial charge in [0.1, 0.15) is 5.75 Å². The van der Waals surface area contributed by atoms with Crippen molar-refractivity contribution in [1.82, 2.24) is 14.8 Å². The fourth-order valence-corrected chi connectivity index (χ4v) is 3.27. The molecule has 28 heavy (non-hydrogen) atoms. The van der Waals surface area contributed by atoms with Gasteiger partial charge in [0.2, 0.25) is 5.91 Å². The Morgan fingerprint density at radius 3 is 2.54 bits per heavy atom. The maximum absolute atomic E-state index is 12.3. The summed E-state index contributed by atoms with van der Waals surface area (Å²) in [5.74, 6) is 0.688. The van der Waals surface area contributed by atoms with Gasteiger partial charge in [0.25, 0.3) is 5.91 Å². The Bertz CT molecular complexity index is 1000. The number of nitrogens with zero attached hydrogens (tertiary/aromatic N) is 3. The zero-order valence-electron chi connectivity index (χ0n) is 15.4. The second kappa shape index (κ2) is 8.57. The van der Waals surface area contributed by atoms with Crippen LogP contribution in [0.2, 0.25) is 0 Å². The van der Waals surface area contributed by atoms with Gasteiger partial charge in [0, 0.05) is 12.6 Å². The first-order chi connectivity index (χ1) is 13.5. The number of nitrogens with one attached hydrogen (secondary N) is 1. The van der Waals surface area contributed by atoms with Crippen LogP contribution in [0.25, 0.3) is 11.4 Å². The van der Waals surface area contributed by atoms with Crippen LogP contribution >= 0.6 is 11.8 Å². The van der Waals surface area contributed by atoms with Gasteiger partial charge in [-0.15, -0.1) is 10.2 Å². The third-order valence-corrected chi connectivity index (χ3v) is 5.00. The van der Waals surface area contributed by atoms with E-state index in [1.165, 1.54) is 11.8 Å². The number of nitrogens with two attached hydrogens (primary N) is 1. The van der Waals surface area contributed by atoms with Gasteiger partial charge < -0.3 is 20.4 Å². The molecule has 0 saturated carbocycles. The van der Waals surface area contributed by atoms with E-state index in [9.17, 15) is 9.59 Å². The molecular weight excluding hydrogens is 378 g/mol. The third-order valence-electron chi connectivity index (χ3n) is 3.98. The van der Waals surface area contributed by atoms with E-state index in [1.807, 2.05) is 35.9 Å². The van der Waals surface area contributed by atoms with E-state index in [2.05, 4.69) is 15.5 Å². The third kappa shape index (κ3) is 4.32. The van der Waals surface area contributed by atoms with Crippen LogP contribution in [0.3, 0.4) is 0 Å². The van der Waals surface area contributed by atoms with Crippen LogP contribution in [0.15, 0.2) is 53.7 Å². The number of ether oxygens (including phenoxy) is 1. The van der Waals surface area contributed by atoms with Crippen LogP contribution in [0.4, 0.5) is 5.69 Å². The predicted molar refractivity (Wildman–Crippen MR) is 107 cm³/mol. The minimum absolute atomic E-state index is 0.113. The summed E-state index contributed by atoms with van der Waals surface area (Å²) in [6.45, 7) is 0. The molecule has 0 fully saturated rings. The molecule has 3 N–H and O–H groups in total. The molecule has 1 aromatic heterocycles. The quantitative estimate of drug-likeness (QED) is 0.592.